The first kappa shape index (κ1) is 38.5. The summed E-state index contributed by atoms with van der Waals surface area (Å²) >= 11 is 0. The molecule has 4 aromatic carbocycles. The highest BCUT2D eigenvalue weighted by molar-refractivity contribution is 6.99. The number of methoxy groups -OCH3 is 1. The molecule has 270 valence electrons. The number of hydrogen-bond donors (Lipinski definition) is 1. The number of aliphatic hydroxyl groups excluding tert-OH is 1. The third-order valence-electron chi connectivity index (χ3n) is 10.0. The van der Waals surface area contributed by atoms with Gasteiger partial charge in [0.05, 0.1) is 32.5 Å². The van der Waals surface area contributed by atoms with Gasteiger partial charge in [0.2, 0.25) is 0 Å². The minimum absolute atomic E-state index is 0.0103. The first-order chi connectivity index (χ1) is 24.6. The number of aliphatic hydroxyl groups is 1. The quantitative estimate of drug-likeness (QED) is 0.101. The molecule has 1 saturated heterocycles. The maximum atomic E-state index is 11.5. The van der Waals surface area contributed by atoms with Gasteiger partial charge in [0.1, 0.15) is 11.9 Å². The van der Waals surface area contributed by atoms with E-state index in [0.29, 0.717) is 26.2 Å². The smallest absolute Gasteiger partial charge is 0.261 e. The molecular weight excluding hydrogens is 653 g/mol. The zero-order chi connectivity index (χ0) is 36.3. The van der Waals surface area contributed by atoms with Crippen LogP contribution in [0.15, 0.2) is 115 Å². The highest BCUT2D eigenvalue weighted by Crippen LogP contribution is 2.37. The molecule has 0 radical (unpaired) electrons. The second-order valence-corrected chi connectivity index (χ2v) is 18.9. The van der Waals surface area contributed by atoms with Gasteiger partial charge < -0.3 is 28.5 Å². The van der Waals surface area contributed by atoms with E-state index in [4.69, 9.17) is 23.4 Å². The van der Waals surface area contributed by atoms with E-state index in [0.717, 1.165) is 23.3 Å². The average molecular weight is 707 g/mol. The van der Waals surface area contributed by atoms with E-state index in [1.165, 1.54) is 10.4 Å². The lowest BCUT2D eigenvalue weighted by Gasteiger charge is -2.43. The van der Waals surface area contributed by atoms with E-state index >= 15 is 0 Å². The summed E-state index contributed by atoms with van der Waals surface area (Å²) in [6.07, 6.45) is -0.783. The van der Waals surface area contributed by atoms with Crippen LogP contribution in [-0.2, 0) is 25.2 Å². The Bertz CT molecular complexity index is 1620. The normalized spacial score (nSPS) is 18.6. The predicted octanol–water partition coefficient (Wildman–Crippen LogP) is 7.69. The summed E-state index contributed by atoms with van der Waals surface area (Å²) < 4.78 is 31.0. The van der Waals surface area contributed by atoms with Gasteiger partial charge in [0, 0.05) is 18.6 Å². The lowest BCUT2D eigenvalue weighted by molar-refractivity contribution is -0.0657. The summed E-state index contributed by atoms with van der Waals surface area (Å²) in [6, 6.07) is 39.2. The average Bonchev–Trinajstić information content (AvgIpc) is 3.63. The molecule has 0 saturated carbocycles. The van der Waals surface area contributed by atoms with E-state index < -0.39 is 26.8 Å². The van der Waals surface area contributed by atoms with Crippen LogP contribution in [0.4, 0.5) is 0 Å². The molecule has 0 spiro atoms. The molecule has 1 aliphatic heterocycles. The molecule has 5 rings (SSSR count). The monoisotopic (exact) mass is 706 g/mol. The van der Waals surface area contributed by atoms with Crippen LogP contribution in [0.2, 0.25) is 5.04 Å². The van der Waals surface area contributed by atoms with Crippen LogP contribution in [0.3, 0.4) is 0 Å². The fourth-order valence-corrected chi connectivity index (χ4v) is 11.5. The van der Waals surface area contributed by atoms with Crippen LogP contribution >= 0.6 is 0 Å². The molecule has 0 bridgehead atoms. The first-order valence-electron chi connectivity index (χ1n) is 18.1. The maximum Gasteiger partial charge on any atom is 0.261 e. The fraction of sp³-hybridized carbons (Fsp3) is 0.409. The van der Waals surface area contributed by atoms with Crippen LogP contribution in [0.25, 0.3) is 0 Å². The van der Waals surface area contributed by atoms with Crippen LogP contribution in [0.1, 0.15) is 64.9 Å². The Morgan fingerprint density at radius 2 is 1.43 bits per heavy atom. The topological polar surface area (TPSA) is 66.4 Å². The zero-order valence-corrected chi connectivity index (χ0v) is 32.0. The molecule has 1 fully saturated rings. The Hall–Kier alpha value is -3.74. The Balaban J connectivity index is 1.28. The molecule has 7 heteroatoms. The number of ether oxygens (including phenoxy) is 4. The van der Waals surface area contributed by atoms with E-state index in [2.05, 4.69) is 107 Å². The Labute approximate surface area is 306 Å². The Morgan fingerprint density at radius 1 is 0.843 bits per heavy atom. The summed E-state index contributed by atoms with van der Waals surface area (Å²) in [4.78, 5) is 0. The highest BCUT2D eigenvalue weighted by Gasteiger charge is 2.50. The molecule has 1 unspecified atom stereocenters. The molecule has 1 N–H and O–H groups in total. The SMILES string of the molecule is COc1ccc(CO[C@H]([C@H](C)[C@@H](C)CCO[Si](c2ccccc2)(c2ccccc2)C(C)(C)C)[C@@H](O)C#CC[C@@H]2COC(c3ccccc3)O2)cc1. The minimum atomic E-state index is -2.66. The molecule has 6 atom stereocenters. The molecular formula is C44H54O6Si. The van der Waals surface area contributed by atoms with Crippen molar-refractivity contribution in [2.45, 2.75) is 83.7 Å². The zero-order valence-electron chi connectivity index (χ0n) is 31.0. The lowest BCUT2D eigenvalue weighted by Crippen LogP contribution is -2.66. The summed E-state index contributed by atoms with van der Waals surface area (Å²) in [7, 11) is -1.01. The fourth-order valence-electron chi connectivity index (χ4n) is 6.89. The van der Waals surface area contributed by atoms with Crippen LogP contribution in [0, 0.1) is 23.7 Å². The highest BCUT2D eigenvalue weighted by atomic mass is 28.4. The van der Waals surface area contributed by atoms with Crippen molar-refractivity contribution in [2.24, 2.45) is 11.8 Å². The third kappa shape index (κ3) is 9.78. The van der Waals surface area contributed by atoms with Crippen LogP contribution in [-0.4, -0.2) is 52.1 Å². The standard InChI is InChI=1S/C44H54O6Si/c1-33(29-30-49-51(44(3,4)5,39-20-12-8-13-21-39)40-22-14-9-15-23-40)34(2)42(47-31-35-25-27-37(46-6)28-26-35)41(45)24-16-19-38-32-48-43(50-38)36-17-10-7-11-18-36/h7-15,17-18,20-23,25-28,33-34,38,41-43,45H,19,29-32H2,1-6H3/t33-,34+,38+,41-,42+,43?/m0/s1. The largest absolute Gasteiger partial charge is 0.497 e. The summed E-state index contributed by atoms with van der Waals surface area (Å²) in [5.41, 5.74) is 1.99. The molecule has 4 aromatic rings. The molecule has 0 aromatic heterocycles. The van der Waals surface area contributed by atoms with Crippen LogP contribution < -0.4 is 15.1 Å². The molecule has 1 aliphatic rings. The van der Waals surface area contributed by atoms with Gasteiger partial charge in [0.25, 0.3) is 8.32 Å². The Morgan fingerprint density at radius 3 is 2.00 bits per heavy atom. The van der Waals surface area contributed by atoms with Gasteiger partial charge in [0.15, 0.2) is 6.29 Å². The van der Waals surface area contributed by atoms with Gasteiger partial charge >= 0.3 is 0 Å². The van der Waals surface area contributed by atoms with E-state index in [-0.39, 0.29) is 23.0 Å². The molecule has 51 heavy (non-hydrogen) atoms. The van der Waals surface area contributed by atoms with E-state index in [9.17, 15) is 5.11 Å². The van der Waals surface area contributed by atoms with Crippen molar-refractivity contribution in [1.82, 2.24) is 0 Å². The van der Waals surface area contributed by atoms with Gasteiger partial charge in [-0.05, 0) is 51.4 Å². The lowest BCUT2D eigenvalue weighted by atomic mass is 9.86. The second-order valence-electron chi connectivity index (χ2n) is 14.6. The van der Waals surface area contributed by atoms with E-state index in [1.807, 2.05) is 54.6 Å². The number of hydrogen-bond acceptors (Lipinski definition) is 6. The number of benzene rings is 4. The molecule has 0 amide bonds. The van der Waals surface area contributed by atoms with Crippen LogP contribution in [0.5, 0.6) is 5.75 Å². The van der Waals surface area contributed by atoms with Crippen molar-refractivity contribution in [3.05, 3.63) is 126 Å². The molecule has 0 aliphatic carbocycles. The van der Waals surface area contributed by atoms with Crippen molar-refractivity contribution in [1.29, 1.82) is 0 Å². The molecule has 1 heterocycles. The first-order valence-corrected chi connectivity index (χ1v) is 20.0. The van der Waals surface area contributed by atoms with Crippen molar-refractivity contribution >= 4 is 18.7 Å². The minimum Gasteiger partial charge on any atom is -0.497 e. The van der Waals surface area contributed by atoms with Crippen molar-refractivity contribution < 1.29 is 28.5 Å². The van der Waals surface area contributed by atoms with Crippen molar-refractivity contribution in [3.8, 4) is 17.6 Å². The number of rotatable bonds is 15. The predicted molar refractivity (Wildman–Crippen MR) is 206 cm³/mol. The van der Waals surface area contributed by atoms with Gasteiger partial charge in [-0.15, -0.1) is 0 Å². The van der Waals surface area contributed by atoms with E-state index in [1.54, 1.807) is 7.11 Å². The Kier molecular flexibility index (Phi) is 13.7. The van der Waals surface area contributed by atoms with Crippen molar-refractivity contribution in [2.75, 3.05) is 20.3 Å². The maximum absolute atomic E-state index is 11.5. The second kappa shape index (κ2) is 18.1. The van der Waals surface area contributed by atoms with Crippen molar-refractivity contribution in [3.63, 3.8) is 0 Å². The summed E-state index contributed by atoms with van der Waals surface area (Å²) in [5.74, 6) is 7.24. The summed E-state index contributed by atoms with van der Waals surface area (Å²) in [5, 5.41) is 14.0. The van der Waals surface area contributed by atoms with Gasteiger partial charge in [-0.3, -0.25) is 0 Å². The summed E-state index contributed by atoms with van der Waals surface area (Å²) in [6.45, 7) is 12.7. The van der Waals surface area contributed by atoms with Gasteiger partial charge in [-0.25, -0.2) is 0 Å². The van der Waals surface area contributed by atoms with Gasteiger partial charge in [-0.1, -0.05) is 150 Å². The third-order valence-corrected chi connectivity index (χ3v) is 15.1. The van der Waals surface area contributed by atoms with Gasteiger partial charge in [-0.2, -0.15) is 0 Å². The molecule has 6 nitrogen and oxygen atoms in total.